The Kier molecular flexibility index (Phi) is 9.91. The van der Waals surface area contributed by atoms with E-state index in [4.69, 9.17) is 9.47 Å². The number of hydrogen-bond donors (Lipinski definition) is 0. The number of rotatable bonds is 11. The van der Waals surface area contributed by atoms with Crippen molar-refractivity contribution in [3.05, 3.63) is 59.7 Å². The molecule has 0 radical (unpaired) electrons. The van der Waals surface area contributed by atoms with E-state index >= 15 is 0 Å². The molecule has 2 aromatic carbocycles. The van der Waals surface area contributed by atoms with E-state index in [9.17, 15) is 0 Å². The molecule has 0 fully saturated rings. The second kappa shape index (κ2) is 11.9. The molecular weight excluding hydrogens is 456 g/mol. The Morgan fingerprint density at radius 1 is 0.654 bits per heavy atom. The van der Waals surface area contributed by atoms with Crippen molar-refractivity contribution in [1.82, 2.24) is 0 Å². The lowest BCUT2D eigenvalue weighted by Gasteiger charge is -2.10. The first-order valence-corrected chi connectivity index (χ1v) is 11.1. The lowest BCUT2D eigenvalue weighted by Crippen LogP contribution is -2.07. The minimum atomic E-state index is 0.437. The van der Waals surface area contributed by atoms with E-state index in [-0.39, 0.29) is 0 Å². The van der Waals surface area contributed by atoms with Crippen molar-refractivity contribution in [2.24, 2.45) is 0 Å². The van der Waals surface area contributed by atoms with Gasteiger partial charge in [0.2, 0.25) is 0 Å². The van der Waals surface area contributed by atoms with Crippen molar-refractivity contribution in [3.8, 4) is 11.1 Å². The maximum absolute atomic E-state index is 5.73. The molecule has 4 heteroatoms. The van der Waals surface area contributed by atoms with E-state index < -0.39 is 0 Å². The van der Waals surface area contributed by atoms with Gasteiger partial charge >= 0.3 is 0 Å². The Bertz CT molecular complexity index is 568. The summed E-state index contributed by atoms with van der Waals surface area (Å²) < 4.78 is 11.5. The maximum Gasteiger partial charge on any atom is 0.0717 e. The molecule has 0 bridgehead atoms. The second-order valence-electron chi connectivity index (χ2n) is 6.44. The number of halogens is 2. The van der Waals surface area contributed by atoms with Gasteiger partial charge in [0.1, 0.15) is 0 Å². The van der Waals surface area contributed by atoms with Crippen molar-refractivity contribution < 1.29 is 9.47 Å². The van der Waals surface area contributed by atoms with Gasteiger partial charge < -0.3 is 9.47 Å². The van der Waals surface area contributed by atoms with Crippen LogP contribution in [-0.2, 0) is 22.7 Å². The predicted octanol–water partition coefficient (Wildman–Crippen LogP) is 6.73. The molecule has 142 valence electrons. The third-order valence-electron chi connectivity index (χ3n) is 4.26. The highest BCUT2D eigenvalue weighted by Gasteiger charge is 2.04. The van der Waals surface area contributed by atoms with E-state index in [0.717, 1.165) is 26.1 Å². The van der Waals surface area contributed by atoms with Gasteiger partial charge in [0.15, 0.2) is 0 Å². The first-order valence-electron chi connectivity index (χ1n) is 9.24. The molecule has 2 atom stereocenters. The fourth-order valence-corrected chi connectivity index (χ4v) is 2.81. The minimum absolute atomic E-state index is 0.437. The van der Waals surface area contributed by atoms with E-state index in [1.165, 1.54) is 22.3 Å². The summed E-state index contributed by atoms with van der Waals surface area (Å²) in [5.74, 6) is 0. The largest absolute Gasteiger partial charge is 0.376 e. The van der Waals surface area contributed by atoms with Gasteiger partial charge in [-0.25, -0.2) is 0 Å². The molecule has 2 nitrogen and oxygen atoms in total. The zero-order chi connectivity index (χ0) is 18.8. The molecule has 0 saturated carbocycles. The summed E-state index contributed by atoms with van der Waals surface area (Å²) in [7, 11) is 0. The Morgan fingerprint density at radius 2 is 1.00 bits per heavy atom. The van der Waals surface area contributed by atoms with Gasteiger partial charge in [-0.2, -0.15) is 0 Å². The summed E-state index contributed by atoms with van der Waals surface area (Å²) >= 11 is 7.18. The van der Waals surface area contributed by atoms with Crippen LogP contribution in [-0.4, -0.2) is 22.9 Å². The van der Waals surface area contributed by atoms with Gasteiger partial charge in [-0.1, -0.05) is 94.2 Å². The predicted molar refractivity (Wildman–Crippen MR) is 117 cm³/mol. The highest BCUT2D eigenvalue weighted by atomic mass is 79.9. The van der Waals surface area contributed by atoms with Gasteiger partial charge in [0.05, 0.1) is 26.4 Å². The van der Waals surface area contributed by atoms with E-state index in [1.54, 1.807) is 0 Å². The first kappa shape index (κ1) is 21.6. The van der Waals surface area contributed by atoms with Gasteiger partial charge in [0, 0.05) is 9.65 Å². The third-order valence-corrected chi connectivity index (χ3v) is 6.09. The van der Waals surface area contributed by atoms with Crippen LogP contribution in [0.3, 0.4) is 0 Å². The molecular formula is C22H28Br2O2. The lowest BCUT2D eigenvalue weighted by atomic mass is 10.0. The zero-order valence-corrected chi connectivity index (χ0v) is 18.8. The molecule has 0 aromatic heterocycles. The standard InChI is InChI=1S/C22H28Br2O2/c1-3-21(23)15-25-13-17-5-9-19(10-6-17)20-11-7-18(8-12-20)14-26-16-22(24)4-2/h5-12,21-22H,3-4,13-16H2,1-2H3. The fraction of sp³-hybridized carbons (Fsp3) is 0.455. The van der Waals surface area contributed by atoms with E-state index in [0.29, 0.717) is 22.9 Å². The number of alkyl halides is 2. The summed E-state index contributed by atoms with van der Waals surface area (Å²) in [6, 6.07) is 17.2. The highest BCUT2D eigenvalue weighted by molar-refractivity contribution is 9.09. The normalized spacial score (nSPS) is 13.5. The molecule has 0 spiro atoms. The van der Waals surface area contributed by atoms with Gasteiger partial charge in [0.25, 0.3) is 0 Å². The van der Waals surface area contributed by atoms with Crippen LogP contribution >= 0.6 is 31.9 Å². The van der Waals surface area contributed by atoms with Crippen molar-refractivity contribution in [2.75, 3.05) is 13.2 Å². The second-order valence-corrected chi connectivity index (χ2v) is 9.03. The molecule has 2 rings (SSSR count). The van der Waals surface area contributed by atoms with Crippen molar-refractivity contribution >= 4 is 31.9 Å². The molecule has 2 aromatic rings. The SMILES string of the molecule is CCC(Br)COCc1ccc(-c2ccc(COCC(Br)CC)cc2)cc1. The molecule has 0 aliphatic heterocycles. The summed E-state index contributed by atoms with van der Waals surface area (Å²) in [5, 5.41) is 0. The summed E-state index contributed by atoms with van der Waals surface area (Å²) in [5.41, 5.74) is 4.85. The Morgan fingerprint density at radius 3 is 1.31 bits per heavy atom. The van der Waals surface area contributed by atoms with Crippen LogP contribution in [0, 0.1) is 0 Å². The topological polar surface area (TPSA) is 18.5 Å². The third kappa shape index (κ3) is 7.51. The lowest BCUT2D eigenvalue weighted by molar-refractivity contribution is 0.122. The maximum atomic E-state index is 5.73. The molecule has 0 N–H and O–H groups in total. The van der Waals surface area contributed by atoms with Gasteiger partial charge in [-0.05, 0) is 35.1 Å². The quantitative estimate of drug-likeness (QED) is 0.329. The molecule has 0 aliphatic carbocycles. The Balaban J connectivity index is 1.84. The number of benzene rings is 2. The molecule has 26 heavy (non-hydrogen) atoms. The molecule has 0 saturated heterocycles. The monoisotopic (exact) mass is 482 g/mol. The van der Waals surface area contributed by atoms with Crippen LogP contribution in [0.2, 0.25) is 0 Å². The van der Waals surface area contributed by atoms with Crippen LogP contribution in [0.25, 0.3) is 11.1 Å². The molecule has 2 unspecified atom stereocenters. The molecule has 0 aliphatic rings. The van der Waals surface area contributed by atoms with E-state index in [2.05, 4.69) is 94.2 Å². The zero-order valence-electron chi connectivity index (χ0n) is 15.6. The van der Waals surface area contributed by atoms with Crippen LogP contribution < -0.4 is 0 Å². The average Bonchev–Trinajstić information content (AvgIpc) is 2.68. The van der Waals surface area contributed by atoms with Gasteiger partial charge in [-0.15, -0.1) is 0 Å². The fourth-order valence-electron chi connectivity index (χ4n) is 2.43. The van der Waals surface area contributed by atoms with Crippen LogP contribution in [0.4, 0.5) is 0 Å². The minimum Gasteiger partial charge on any atom is -0.376 e. The van der Waals surface area contributed by atoms with Gasteiger partial charge in [-0.3, -0.25) is 0 Å². The molecule has 0 amide bonds. The first-order chi connectivity index (χ1) is 12.6. The summed E-state index contributed by atoms with van der Waals surface area (Å²) in [4.78, 5) is 0.873. The van der Waals surface area contributed by atoms with Crippen LogP contribution in [0.15, 0.2) is 48.5 Å². The average molecular weight is 484 g/mol. The van der Waals surface area contributed by atoms with Crippen LogP contribution in [0.5, 0.6) is 0 Å². The van der Waals surface area contributed by atoms with E-state index in [1.807, 2.05) is 0 Å². The highest BCUT2D eigenvalue weighted by Crippen LogP contribution is 2.21. The Hall–Kier alpha value is -0.680. The smallest absolute Gasteiger partial charge is 0.0717 e. The van der Waals surface area contributed by atoms with Crippen molar-refractivity contribution in [3.63, 3.8) is 0 Å². The van der Waals surface area contributed by atoms with Crippen LogP contribution in [0.1, 0.15) is 37.8 Å². The summed E-state index contributed by atoms with van der Waals surface area (Å²) in [6.07, 6.45) is 2.16. The van der Waals surface area contributed by atoms with Crippen molar-refractivity contribution in [2.45, 2.75) is 49.6 Å². The number of hydrogen-bond acceptors (Lipinski definition) is 2. The summed E-state index contributed by atoms with van der Waals surface area (Å²) in [6.45, 7) is 7.11. The van der Waals surface area contributed by atoms with Crippen molar-refractivity contribution in [1.29, 1.82) is 0 Å². The Labute approximate surface area is 174 Å². The molecule has 0 heterocycles. The number of ether oxygens (including phenoxy) is 2.